The van der Waals surface area contributed by atoms with Gasteiger partial charge in [0.15, 0.2) is 0 Å². The lowest BCUT2D eigenvalue weighted by molar-refractivity contribution is -0.387. The first-order valence-electron chi connectivity index (χ1n) is 6.35. The molecule has 0 saturated carbocycles. The number of hydrogen-bond donors (Lipinski definition) is 0. The Labute approximate surface area is 119 Å². The summed E-state index contributed by atoms with van der Waals surface area (Å²) in [7, 11) is 1.40. The van der Waals surface area contributed by atoms with E-state index in [1.54, 1.807) is 6.92 Å². The van der Waals surface area contributed by atoms with Crippen LogP contribution in [0.1, 0.15) is 23.7 Å². The minimum atomic E-state index is -1.46. The van der Waals surface area contributed by atoms with Crippen LogP contribution in [0.5, 0.6) is 0 Å². The molecule has 0 aliphatic carbocycles. The number of nitro groups is 1. The number of nitro benzene ring substituents is 1. The molecule has 114 valence electrons. The summed E-state index contributed by atoms with van der Waals surface area (Å²) in [4.78, 5) is 23.1. The van der Waals surface area contributed by atoms with E-state index in [0.717, 1.165) is 6.07 Å². The van der Waals surface area contributed by atoms with Crippen LogP contribution in [0.2, 0.25) is 0 Å². The van der Waals surface area contributed by atoms with Gasteiger partial charge in [0.2, 0.25) is 5.82 Å². The zero-order valence-corrected chi connectivity index (χ0v) is 11.5. The van der Waals surface area contributed by atoms with E-state index in [9.17, 15) is 23.7 Å². The van der Waals surface area contributed by atoms with Gasteiger partial charge in [0.25, 0.3) is 5.91 Å². The molecule has 21 heavy (non-hydrogen) atoms. The third-order valence-electron chi connectivity index (χ3n) is 3.64. The number of benzene rings is 1. The Morgan fingerprint density at radius 1 is 1.48 bits per heavy atom. The highest BCUT2D eigenvalue weighted by Gasteiger charge is 2.35. The van der Waals surface area contributed by atoms with Gasteiger partial charge >= 0.3 is 5.69 Å². The molecule has 1 aliphatic rings. The lowest BCUT2D eigenvalue weighted by Crippen LogP contribution is -2.41. The zero-order chi connectivity index (χ0) is 15.7. The summed E-state index contributed by atoms with van der Waals surface area (Å²) >= 11 is 0. The summed E-state index contributed by atoms with van der Waals surface area (Å²) in [5.41, 5.74) is -1.84. The van der Waals surface area contributed by atoms with E-state index in [-0.39, 0.29) is 12.1 Å². The third-order valence-corrected chi connectivity index (χ3v) is 3.64. The lowest BCUT2D eigenvalue weighted by Gasteiger charge is -2.27. The number of hydrogen-bond acceptors (Lipinski definition) is 4. The first-order valence-corrected chi connectivity index (χ1v) is 6.35. The van der Waals surface area contributed by atoms with Crippen LogP contribution in [-0.2, 0) is 4.74 Å². The van der Waals surface area contributed by atoms with Crippen molar-refractivity contribution in [2.24, 2.45) is 0 Å². The highest BCUT2D eigenvalue weighted by atomic mass is 19.1. The molecular formula is C13H14F2N2O4. The summed E-state index contributed by atoms with van der Waals surface area (Å²) in [5.74, 6) is -3.51. The molecule has 1 aromatic rings. The normalized spacial score (nSPS) is 21.3. The molecule has 0 radical (unpaired) electrons. The number of amides is 1. The molecular weight excluding hydrogens is 286 g/mol. The van der Waals surface area contributed by atoms with Crippen LogP contribution in [0, 0.1) is 21.7 Å². The standard InChI is InChI=1S/C13H14F2N2O4/c1-7-9(5-6-21-7)16(2)13(18)11-8(14)3-4-10(12(11)15)17(19)20/h3-4,7,9H,5-6H2,1-2H3. The average Bonchev–Trinajstić information content (AvgIpc) is 2.83. The van der Waals surface area contributed by atoms with Crippen LogP contribution in [0.3, 0.4) is 0 Å². The molecule has 1 amide bonds. The molecule has 2 unspecified atom stereocenters. The van der Waals surface area contributed by atoms with Gasteiger partial charge in [-0.1, -0.05) is 0 Å². The van der Waals surface area contributed by atoms with Crippen molar-refractivity contribution in [2.75, 3.05) is 13.7 Å². The minimum absolute atomic E-state index is 0.260. The molecule has 0 spiro atoms. The van der Waals surface area contributed by atoms with Gasteiger partial charge in [-0.3, -0.25) is 14.9 Å². The number of halogens is 2. The molecule has 2 rings (SSSR count). The minimum Gasteiger partial charge on any atom is -0.376 e. The monoisotopic (exact) mass is 300 g/mol. The van der Waals surface area contributed by atoms with Crippen molar-refractivity contribution in [3.63, 3.8) is 0 Å². The van der Waals surface area contributed by atoms with E-state index >= 15 is 0 Å². The number of likely N-dealkylation sites (N-methyl/N-ethyl adjacent to an activating group) is 1. The van der Waals surface area contributed by atoms with Crippen molar-refractivity contribution in [2.45, 2.75) is 25.5 Å². The van der Waals surface area contributed by atoms with Crippen LogP contribution in [0.15, 0.2) is 12.1 Å². The molecule has 1 saturated heterocycles. The molecule has 1 fully saturated rings. The topological polar surface area (TPSA) is 72.7 Å². The maximum absolute atomic E-state index is 14.0. The van der Waals surface area contributed by atoms with Gasteiger partial charge in [0.1, 0.15) is 11.4 Å². The van der Waals surface area contributed by atoms with Gasteiger partial charge in [-0.05, 0) is 19.4 Å². The van der Waals surface area contributed by atoms with E-state index in [4.69, 9.17) is 4.74 Å². The van der Waals surface area contributed by atoms with Crippen LogP contribution in [0.25, 0.3) is 0 Å². The Morgan fingerprint density at radius 2 is 2.14 bits per heavy atom. The van der Waals surface area contributed by atoms with Gasteiger partial charge in [0, 0.05) is 19.7 Å². The molecule has 8 heteroatoms. The van der Waals surface area contributed by atoms with Crippen molar-refractivity contribution in [3.05, 3.63) is 39.4 Å². The Bertz CT molecular complexity index is 594. The van der Waals surface area contributed by atoms with E-state index in [1.807, 2.05) is 0 Å². The summed E-state index contributed by atoms with van der Waals surface area (Å²) in [6.07, 6.45) is 0.283. The fourth-order valence-corrected chi connectivity index (χ4v) is 2.43. The van der Waals surface area contributed by atoms with E-state index in [0.29, 0.717) is 19.1 Å². The van der Waals surface area contributed by atoms with Crippen LogP contribution in [0.4, 0.5) is 14.5 Å². The molecule has 2 atom stereocenters. The van der Waals surface area contributed by atoms with Gasteiger partial charge in [-0.2, -0.15) is 4.39 Å². The molecule has 0 bridgehead atoms. The van der Waals surface area contributed by atoms with Crippen molar-refractivity contribution >= 4 is 11.6 Å². The Hall–Kier alpha value is -2.09. The number of rotatable bonds is 3. The fraction of sp³-hybridized carbons (Fsp3) is 0.462. The highest BCUT2D eigenvalue weighted by molar-refractivity contribution is 5.95. The predicted molar refractivity (Wildman–Crippen MR) is 68.9 cm³/mol. The Kier molecular flexibility index (Phi) is 4.17. The number of nitrogens with zero attached hydrogens (tertiary/aromatic N) is 2. The number of ether oxygens (including phenoxy) is 1. The highest BCUT2D eigenvalue weighted by Crippen LogP contribution is 2.26. The van der Waals surface area contributed by atoms with Crippen molar-refractivity contribution in [3.8, 4) is 0 Å². The van der Waals surface area contributed by atoms with Crippen molar-refractivity contribution in [1.82, 2.24) is 4.90 Å². The van der Waals surface area contributed by atoms with Crippen molar-refractivity contribution < 1.29 is 23.2 Å². The second kappa shape index (κ2) is 5.72. The van der Waals surface area contributed by atoms with Crippen LogP contribution < -0.4 is 0 Å². The van der Waals surface area contributed by atoms with Crippen LogP contribution >= 0.6 is 0 Å². The summed E-state index contributed by atoms with van der Waals surface area (Å²) < 4.78 is 33.1. The van der Waals surface area contributed by atoms with E-state index in [2.05, 4.69) is 0 Å². The fourth-order valence-electron chi connectivity index (χ4n) is 2.43. The Morgan fingerprint density at radius 3 is 2.67 bits per heavy atom. The number of carbonyl (C=O) groups excluding carboxylic acids is 1. The number of carbonyl (C=O) groups is 1. The van der Waals surface area contributed by atoms with Gasteiger partial charge in [0.05, 0.1) is 17.1 Å². The molecule has 6 nitrogen and oxygen atoms in total. The second-order valence-electron chi connectivity index (χ2n) is 4.86. The quantitative estimate of drug-likeness (QED) is 0.633. The van der Waals surface area contributed by atoms with Gasteiger partial charge in [-0.15, -0.1) is 0 Å². The molecule has 0 N–H and O–H groups in total. The summed E-state index contributed by atoms with van der Waals surface area (Å²) in [5, 5.41) is 10.7. The average molecular weight is 300 g/mol. The predicted octanol–water partition coefficient (Wildman–Crippen LogP) is 2.12. The second-order valence-corrected chi connectivity index (χ2v) is 4.86. The van der Waals surface area contributed by atoms with Crippen LogP contribution in [-0.4, -0.2) is 41.5 Å². The molecule has 0 aromatic heterocycles. The third kappa shape index (κ3) is 2.71. The molecule has 1 aromatic carbocycles. The maximum atomic E-state index is 14.0. The van der Waals surface area contributed by atoms with E-state index in [1.165, 1.54) is 11.9 Å². The van der Waals surface area contributed by atoms with E-state index < -0.39 is 33.7 Å². The largest absolute Gasteiger partial charge is 0.376 e. The summed E-state index contributed by atoms with van der Waals surface area (Å²) in [6.45, 7) is 2.20. The van der Waals surface area contributed by atoms with Gasteiger partial charge < -0.3 is 9.64 Å². The lowest BCUT2D eigenvalue weighted by atomic mass is 10.1. The van der Waals surface area contributed by atoms with Crippen molar-refractivity contribution in [1.29, 1.82) is 0 Å². The van der Waals surface area contributed by atoms with Gasteiger partial charge in [-0.25, -0.2) is 4.39 Å². The zero-order valence-electron chi connectivity index (χ0n) is 11.5. The first kappa shape index (κ1) is 15.3. The SMILES string of the molecule is CC1OCCC1N(C)C(=O)c1c(F)ccc([N+](=O)[O-])c1F. The molecule has 1 heterocycles. The smallest absolute Gasteiger partial charge is 0.305 e. The molecule has 1 aliphatic heterocycles. The summed E-state index contributed by atoms with van der Waals surface area (Å²) in [6, 6.07) is 1.09. The maximum Gasteiger partial charge on any atom is 0.305 e. The first-order chi connectivity index (χ1) is 9.84. The Balaban J connectivity index is 2.39.